The molecule has 1 aliphatic heterocycles. The van der Waals surface area contributed by atoms with E-state index in [2.05, 4.69) is 33.0 Å². The van der Waals surface area contributed by atoms with E-state index in [9.17, 15) is 4.79 Å². The highest BCUT2D eigenvalue weighted by Gasteiger charge is 2.14. The molecule has 0 saturated carbocycles. The summed E-state index contributed by atoms with van der Waals surface area (Å²) in [6, 6.07) is 8.24. The lowest BCUT2D eigenvalue weighted by Crippen LogP contribution is -2.38. The van der Waals surface area contributed by atoms with Crippen molar-refractivity contribution in [2.75, 3.05) is 39.4 Å². The van der Waals surface area contributed by atoms with Crippen molar-refractivity contribution in [1.29, 1.82) is 0 Å². The van der Waals surface area contributed by atoms with Crippen LogP contribution in [0.5, 0.6) is 0 Å². The number of para-hydroxylation sites is 2. The van der Waals surface area contributed by atoms with Gasteiger partial charge in [0.1, 0.15) is 5.82 Å². The number of amides is 1. The highest BCUT2D eigenvalue weighted by atomic mass is 16.5. The minimum atomic E-state index is 0.0889. The Morgan fingerprint density at radius 1 is 1.25 bits per heavy atom. The van der Waals surface area contributed by atoms with E-state index in [-0.39, 0.29) is 5.91 Å². The Balaban J connectivity index is 1.70. The SMILES string of the molecule is CCC(=O)NCCc1nc2ccccc2n1CCN1CCOCC1. The lowest BCUT2D eigenvalue weighted by atomic mass is 10.3. The molecule has 3 rings (SSSR count). The number of hydrogen-bond donors (Lipinski definition) is 1. The second kappa shape index (κ2) is 8.26. The monoisotopic (exact) mass is 330 g/mol. The highest BCUT2D eigenvalue weighted by Crippen LogP contribution is 2.16. The first-order chi connectivity index (χ1) is 11.8. The number of fused-ring (bicyclic) bond motifs is 1. The smallest absolute Gasteiger partial charge is 0.219 e. The summed E-state index contributed by atoms with van der Waals surface area (Å²) < 4.78 is 7.71. The van der Waals surface area contributed by atoms with Crippen molar-refractivity contribution in [3.05, 3.63) is 30.1 Å². The molecule has 0 bridgehead atoms. The van der Waals surface area contributed by atoms with E-state index in [1.165, 1.54) is 5.52 Å². The van der Waals surface area contributed by atoms with Gasteiger partial charge in [0.2, 0.25) is 5.91 Å². The average Bonchev–Trinajstić information content (AvgIpc) is 2.98. The second-order valence-electron chi connectivity index (χ2n) is 6.08. The molecule has 130 valence electrons. The molecule has 1 saturated heterocycles. The first-order valence-corrected chi connectivity index (χ1v) is 8.79. The number of nitrogens with one attached hydrogen (secondary N) is 1. The summed E-state index contributed by atoms with van der Waals surface area (Å²) in [5, 5.41) is 2.94. The molecule has 1 aliphatic rings. The van der Waals surface area contributed by atoms with E-state index >= 15 is 0 Å². The van der Waals surface area contributed by atoms with Crippen LogP contribution in [0.2, 0.25) is 0 Å². The summed E-state index contributed by atoms with van der Waals surface area (Å²) in [6.45, 7) is 8.04. The molecular weight excluding hydrogens is 304 g/mol. The summed E-state index contributed by atoms with van der Waals surface area (Å²) in [6.07, 6.45) is 1.27. The van der Waals surface area contributed by atoms with Gasteiger partial charge in [-0.25, -0.2) is 4.98 Å². The molecule has 2 heterocycles. The highest BCUT2D eigenvalue weighted by molar-refractivity contribution is 5.76. The maximum atomic E-state index is 11.4. The van der Waals surface area contributed by atoms with E-state index in [0.29, 0.717) is 13.0 Å². The average molecular weight is 330 g/mol. The predicted molar refractivity (Wildman–Crippen MR) is 94.0 cm³/mol. The van der Waals surface area contributed by atoms with Gasteiger partial charge in [0.25, 0.3) is 0 Å². The molecule has 1 fully saturated rings. The molecule has 2 aromatic rings. The molecular formula is C18H26N4O2. The lowest BCUT2D eigenvalue weighted by molar-refractivity contribution is -0.120. The van der Waals surface area contributed by atoms with Crippen molar-refractivity contribution < 1.29 is 9.53 Å². The maximum Gasteiger partial charge on any atom is 0.219 e. The third-order valence-electron chi connectivity index (χ3n) is 4.47. The van der Waals surface area contributed by atoms with Crippen molar-refractivity contribution in [1.82, 2.24) is 19.8 Å². The number of carbonyl (C=O) groups excluding carboxylic acids is 1. The third kappa shape index (κ3) is 4.13. The minimum Gasteiger partial charge on any atom is -0.379 e. The standard InChI is InChI=1S/C18H26N4O2/c1-2-18(23)19-8-7-17-20-15-5-3-4-6-16(15)22(17)10-9-21-11-13-24-14-12-21/h3-6H,2,7-14H2,1H3,(H,19,23). The first kappa shape index (κ1) is 16.9. The largest absolute Gasteiger partial charge is 0.379 e. The fourth-order valence-corrected chi connectivity index (χ4v) is 3.07. The zero-order valence-electron chi connectivity index (χ0n) is 14.3. The number of aromatic nitrogens is 2. The molecule has 1 aromatic heterocycles. The molecule has 1 aromatic carbocycles. The Labute approximate surface area is 142 Å². The van der Waals surface area contributed by atoms with Gasteiger partial charge in [0.05, 0.1) is 24.2 Å². The van der Waals surface area contributed by atoms with Gasteiger partial charge in [-0.1, -0.05) is 19.1 Å². The van der Waals surface area contributed by atoms with Crippen LogP contribution in [0.4, 0.5) is 0 Å². The van der Waals surface area contributed by atoms with Gasteiger partial charge in [-0.2, -0.15) is 0 Å². The van der Waals surface area contributed by atoms with Crippen molar-refractivity contribution in [3.63, 3.8) is 0 Å². The number of morpholine rings is 1. The Kier molecular flexibility index (Phi) is 5.82. The minimum absolute atomic E-state index is 0.0889. The summed E-state index contributed by atoms with van der Waals surface area (Å²) in [7, 11) is 0. The number of nitrogens with zero attached hydrogens (tertiary/aromatic N) is 3. The Morgan fingerprint density at radius 3 is 2.83 bits per heavy atom. The summed E-state index contributed by atoms with van der Waals surface area (Å²) in [5.41, 5.74) is 2.19. The van der Waals surface area contributed by atoms with Crippen molar-refractivity contribution >= 4 is 16.9 Å². The van der Waals surface area contributed by atoms with E-state index in [1.54, 1.807) is 0 Å². The molecule has 1 amide bonds. The van der Waals surface area contributed by atoms with E-state index in [4.69, 9.17) is 9.72 Å². The van der Waals surface area contributed by atoms with Crippen molar-refractivity contribution in [2.45, 2.75) is 26.3 Å². The van der Waals surface area contributed by atoms with Gasteiger partial charge >= 0.3 is 0 Å². The molecule has 0 radical (unpaired) electrons. The quantitative estimate of drug-likeness (QED) is 0.834. The molecule has 1 N–H and O–H groups in total. The summed E-state index contributed by atoms with van der Waals surface area (Å²) >= 11 is 0. The van der Waals surface area contributed by atoms with Crippen LogP contribution < -0.4 is 5.32 Å². The van der Waals surface area contributed by atoms with Crippen LogP contribution in [0.3, 0.4) is 0 Å². The maximum absolute atomic E-state index is 11.4. The molecule has 0 unspecified atom stereocenters. The summed E-state index contributed by atoms with van der Waals surface area (Å²) in [4.78, 5) is 18.6. The van der Waals surface area contributed by atoms with Gasteiger partial charge in [0, 0.05) is 45.6 Å². The Bertz CT molecular complexity index is 677. The number of rotatable bonds is 7. The molecule has 6 nitrogen and oxygen atoms in total. The molecule has 0 aliphatic carbocycles. The number of carbonyl (C=O) groups is 1. The number of hydrogen-bond acceptors (Lipinski definition) is 4. The van der Waals surface area contributed by atoms with Crippen LogP contribution in [0.15, 0.2) is 24.3 Å². The van der Waals surface area contributed by atoms with Crippen LogP contribution in [-0.4, -0.2) is 59.8 Å². The van der Waals surface area contributed by atoms with Gasteiger partial charge in [-0.3, -0.25) is 9.69 Å². The van der Waals surface area contributed by atoms with Gasteiger partial charge in [-0.15, -0.1) is 0 Å². The summed E-state index contributed by atoms with van der Waals surface area (Å²) in [5.74, 6) is 1.13. The lowest BCUT2D eigenvalue weighted by Gasteiger charge is -2.27. The second-order valence-corrected chi connectivity index (χ2v) is 6.08. The number of imidazole rings is 1. The first-order valence-electron chi connectivity index (χ1n) is 8.79. The molecule has 0 spiro atoms. The van der Waals surface area contributed by atoms with Gasteiger partial charge in [0.15, 0.2) is 0 Å². The normalized spacial score (nSPS) is 15.7. The topological polar surface area (TPSA) is 59.4 Å². The predicted octanol–water partition coefficient (Wildman–Crippen LogP) is 1.44. The fourth-order valence-electron chi connectivity index (χ4n) is 3.07. The molecule has 6 heteroatoms. The van der Waals surface area contributed by atoms with E-state index in [1.807, 2.05) is 13.0 Å². The zero-order chi connectivity index (χ0) is 16.8. The number of benzene rings is 1. The molecule has 24 heavy (non-hydrogen) atoms. The van der Waals surface area contributed by atoms with Crippen LogP contribution in [-0.2, 0) is 22.5 Å². The third-order valence-corrected chi connectivity index (χ3v) is 4.47. The van der Waals surface area contributed by atoms with Crippen LogP contribution >= 0.6 is 0 Å². The Hall–Kier alpha value is -1.92. The van der Waals surface area contributed by atoms with Crippen molar-refractivity contribution in [2.24, 2.45) is 0 Å². The van der Waals surface area contributed by atoms with Gasteiger partial charge in [-0.05, 0) is 12.1 Å². The molecule has 0 atom stereocenters. The van der Waals surface area contributed by atoms with E-state index < -0.39 is 0 Å². The number of ether oxygens (including phenoxy) is 1. The zero-order valence-corrected chi connectivity index (χ0v) is 14.3. The van der Waals surface area contributed by atoms with Crippen LogP contribution in [0, 0.1) is 0 Å². The fraction of sp³-hybridized carbons (Fsp3) is 0.556. The van der Waals surface area contributed by atoms with E-state index in [0.717, 1.165) is 57.2 Å². The van der Waals surface area contributed by atoms with Crippen LogP contribution in [0.25, 0.3) is 11.0 Å². The Morgan fingerprint density at radius 2 is 2.04 bits per heavy atom. The van der Waals surface area contributed by atoms with Gasteiger partial charge < -0.3 is 14.6 Å². The van der Waals surface area contributed by atoms with Crippen molar-refractivity contribution in [3.8, 4) is 0 Å². The van der Waals surface area contributed by atoms with Crippen LogP contribution in [0.1, 0.15) is 19.2 Å².